The number of phenolic OH excluding ortho intramolecular Hbond substituents is 2. The lowest BCUT2D eigenvalue weighted by atomic mass is 10.0. The van der Waals surface area contributed by atoms with Gasteiger partial charge in [-0.1, -0.05) is 0 Å². The molecule has 0 radical (unpaired) electrons. The van der Waals surface area contributed by atoms with Gasteiger partial charge in [0.1, 0.15) is 17.5 Å². The molecule has 21 heavy (non-hydrogen) atoms. The zero-order chi connectivity index (χ0) is 14.0. The van der Waals surface area contributed by atoms with Crippen molar-refractivity contribution in [2.24, 2.45) is 0 Å². The molecular formula is C12H17Cl2F3N2O2. The highest BCUT2D eigenvalue weighted by atomic mass is 35.5. The number of hydrogen-bond acceptors (Lipinski definition) is 4. The quantitative estimate of drug-likeness (QED) is 0.768. The average molecular weight is 349 g/mol. The SMILES string of the molecule is Cl.Cl.Oc1cc(O)cc([C@H](N2CCNCC2)C(F)(F)F)c1. The molecule has 1 heterocycles. The third kappa shape index (κ3) is 5.10. The summed E-state index contributed by atoms with van der Waals surface area (Å²) in [7, 11) is 0. The van der Waals surface area contributed by atoms with Gasteiger partial charge in [-0.05, 0) is 17.7 Å². The Morgan fingerprint density at radius 1 is 1.00 bits per heavy atom. The average Bonchev–Trinajstić information content (AvgIpc) is 2.27. The van der Waals surface area contributed by atoms with Gasteiger partial charge in [0, 0.05) is 32.2 Å². The van der Waals surface area contributed by atoms with Gasteiger partial charge in [0.25, 0.3) is 0 Å². The van der Waals surface area contributed by atoms with Gasteiger partial charge in [-0.3, -0.25) is 4.90 Å². The summed E-state index contributed by atoms with van der Waals surface area (Å²) in [6.07, 6.45) is -4.46. The maximum Gasteiger partial charge on any atom is 0.408 e. The van der Waals surface area contributed by atoms with Crippen LogP contribution in [-0.4, -0.2) is 47.5 Å². The van der Waals surface area contributed by atoms with E-state index >= 15 is 0 Å². The molecule has 1 aromatic rings. The molecule has 3 N–H and O–H groups in total. The Kier molecular flexibility index (Phi) is 7.60. The van der Waals surface area contributed by atoms with Crippen molar-refractivity contribution in [2.75, 3.05) is 26.2 Å². The molecule has 2 rings (SSSR count). The first-order valence-electron chi connectivity index (χ1n) is 5.92. The number of rotatable bonds is 2. The lowest BCUT2D eigenvalue weighted by Crippen LogP contribution is -2.49. The second-order valence-corrected chi connectivity index (χ2v) is 4.51. The first-order valence-corrected chi connectivity index (χ1v) is 5.92. The molecule has 122 valence electrons. The van der Waals surface area contributed by atoms with E-state index in [4.69, 9.17) is 0 Å². The molecule has 4 nitrogen and oxygen atoms in total. The second kappa shape index (κ2) is 7.93. The zero-order valence-electron chi connectivity index (χ0n) is 10.9. The number of nitrogens with zero attached hydrogens (tertiary/aromatic N) is 1. The Bertz CT molecular complexity index is 434. The summed E-state index contributed by atoms with van der Waals surface area (Å²) in [4.78, 5) is 1.30. The van der Waals surface area contributed by atoms with Crippen LogP contribution in [0.4, 0.5) is 13.2 Å². The highest BCUT2D eigenvalue weighted by Gasteiger charge is 2.45. The van der Waals surface area contributed by atoms with E-state index in [9.17, 15) is 23.4 Å². The molecule has 0 aromatic heterocycles. The molecule has 1 aliphatic heterocycles. The van der Waals surface area contributed by atoms with Crippen LogP contribution in [0.5, 0.6) is 11.5 Å². The van der Waals surface area contributed by atoms with Gasteiger partial charge in [-0.15, -0.1) is 24.8 Å². The molecule has 1 atom stereocenters. The van der Waals surface area contributed by atoms with Crippen molar-refractivity contribution >= 4 is 24.8 Å². The van der Waals surface area contributed by atoms with E-state index in [0.717, 1.165) is 18.2 Å². The molecule has 9 heteroatoms. The second-order valence-electron chi connectivity index (χ2n) is 4.51. The molecule has 1 aliphatic rings. The summed E-state index contributed by atoms with van der Waals surface area (Å²) in [5.74, 6) is -0.751. The van der Waals surface area contributed by atoms with E-state index in [1.807, 2.05) is 0 Å². The minimum atomic E-state index is -4.46. The van der Waals surface area contributed by atoms with Gasteiger partial charge in [0.05, 0.1) is 0 Å². The predicted molar refractivity (Wildman–Crippen MR) is 77.5 cm³/mol. The fourth-order valence-corrected chi connectivity index (χ4v) is 2.32. The van der Waals surface area contributed by atoms with Crippen LogP contribution >= 0.6 is 24.8 Å². The summed E-state index contributed by atoms with van der Waals surface area (Å²) in [5, 5.41) is 21.7. The van der Waals surface area contributed by atoms with Crippen molar-refractivity contribution in [3.05, 3.63) is 23.8 Å². The van der Waals surface area contributed by atoms with Crippen LogP contribution in [0, 0.1) is 0 Å². The van der Waals surface area contributed by atoms with Crippen LogP contribution in [0.15, 0.2) is 18.2 Å². The molecule has 0 saturated carbocycles. The Hall–Kier alpha value is -0.890. The van der Waals surface area contributed by atoms with E-state index in [2.05, 4.69) is 5.32 Å². The molecular weight excluding hydrogens is 332 g/mol. The molecule has 1 saturated heterocycles. The predicted octanol–water partition coefficient (Wildman–Crippen LogP) is 2.45. The highest BCUT2D eigenvalue weighted by molar-refractivity contribution is 5.85. The highest BCUT2D eigenvalue weighted by Crippen LogP contribution is 2.40. The van der Waals surface area contributed by atoms with Crippen molar-refractivity contribution in [1.29, 1.82) is 0 Å². The maximum atomic E-state index is 13.2. The minimum absolute atomic E-state index is 0. The smallest absolute Gasteiger partial charge is 0.408 e. The van der Waals surface area contributed by atoms with Crippen molar-refractivity contribution in [1.82, 2.24) is 10.2 Å². The number of halogens is 5. The van der Waals surface area contributed by atoms with Gasteiger partial charge < -0.3 is 15.5 Å². The Morgan fingerprint density at radius 2 is 1.48 bits per heavy atom. The summed E-state index contributed by atoms with van der Waals surface area (Å²) >= 11 is 0. The molecule has 1 fully saturated rings. The third-order valence-corrected chi connectivity index (χ3v) is 3.07. The van der Waals surface area contributed by atoms with Crippen molar-refractivity contribution in [3.8, 4) is 11.5 Å². The normalized spacial score (nSPS) is 17.5. The Labute approximate surface area is 132 Å². The fraction of sp³-hybridized carbons (Fsp3) is 0.500. The van der Waals surface area contributed by atoms with E-state index in [1.165, 1.54) is 4.90 Å². The first-order chi connectivity index (χ1) is 8.88. The Morgan fingerprint density at radius 3 is 1.90 bits per heavy atom. The number of phenols is 2. The van der Waals surface area contributed by atoms with Gasteiger partial charge in [-0.2, -0.15) is 13.2 Å². The third-order valence-electron chi connectivity index (χ3n) is 3.07. The van der Waals surface area contributed by atoms with Gasteiger partial charge in [0.2, 0.25) is 0 Å². The fourth-order valence-electron chi connectivity index (χ4n) is 2.32. The summed E-state index contributed by atoms with van der Waals surface area (Å²) in [6, 6.07) is 1.28. The molecule has 0 bridgehead atoms. The first kappa shape index (κ1) is 20.1. The largest absolute Gasteiger partial charge is 0.508 e. The monoisotopic (exact) mass is 348 g/mol. The van der Waals surface area contributed by atoms with E-state index in [1.54, 1.807) is 0 Å². The topological polar surface area (TPSA) is 55.7 Å². The molecule has 0 amide bonds. The van der Waals surface area contributed by atoms with Crippen LogP contribution in [0.3, 0.4) is 0 Å². The number of aromatic hydroxyl groups is 2. The number of piperazine rings is 1. The lowest BCUT2D eigenvalue weighted by molar-refractivity contribution is -0.187. The number of alkyl halides is 3. The van der Waals surface area contributed by atoms with Crippen LogP contribution < -0.4 is 5.32 Å². The van der Waals surface area contributed by atoms with Crippen molar-refractivity contribution < 1.29 is 23.4 Å². The van der Waals surface area contributed by atoms with Crippen molar-refractivity contribution in [3.63, 3.8) is 0 Å². The Balaban J connectivity index is 0.00000200. The minimum Gasteiger partial charge on any atom is -0.508 e. The lowest BCUT2D eigenvalue weighted by Gasteiger charge is -2.36. The summed E-state index contributed by atoms with van der Waals surface area (Å²) in [5.41, 5.74) is -0.146. The summed E-state index contributed by atoms with van der Waals surface area (Å²) < 4.78 is 39.7. The van der Waals surface area contributed by atoms with Crippen molar-refractivity contribution in [2.45, 2.75) is 12.2 Å². The number of nitrogens with one attached hydrogen (secondary N) is 1. The number of benzene rings is 1. The molecule has 0 spiro atoms. The zero-order valence-corrected chi connectivity index (χ0v) is 12.6. The standard InChI is InChI=1S/C12H15F3N2O2.2ClH/c13-12(14,15)11(17-3-1-16-2-4-17)8-5-9(18)7-10(19)6-8;;/h5-7,11,16,18-19H,1-4H2;2*1H/t11-;;/m0../s1. The summed E-state index contributed by atoms with van der Waals surface area (Å²) in [6.45, 7) is 1.50. The molecule has 0 unspecified atom stereocenters. The van der Waals surface area contributed by atoms with Crippen LogP contribution in [0.1, 0.15) is 11.6 Å². The van der Waals surface area contributed by atoms with E-state index < -0.39 is 12.2 Å². The van der Waals surface area contributed by atoms with E-state index in [-0.39, 0.29) is 55.0 Å². The maximum absolute atomic E-state index is 13.2. The van der Waals surface area contributed by atoms with Gasteiger partial charge in [0.15, 0.2) is 0 Å². The van der Waals surface area contributed by atoms with Crippen LogP contribution in [0.25, 0.3) is 0 Å². The molecule has 0 aliphatic carbocycles. The van der Waals surface area contributed by atoms with Crippen LogP contribution in [0.2, 0.25) is 0 Å². The number of hydrogen-bond donors (Lipinski definition) is 3. The molecule has 1 aromatic carbocycles. The van der Waals surface area contributed by atoms with Crippen LogP contribution in [-0.2, 0) is 0 Å². The van der Waals surface area contributed by atoms with Gasteiger partial charge >= 0.3 is 6.18 Å². The van der Waals surface area contributed by atoms with E-state index in [0.29, 0.717) is 13.1 Å². The van der Waals surface area contributed by atoms with Gasteiger partial charge in [-0.25, -0.2) is 0 Å².